The number of aliphatic hydroxyl groups is 1. The van der Waals surface area contributed by atoms with E-state index < -0.39 is 17.8 Å². The van der Waals surface area contributed by atoms with Crippen LogP contribution in [0.15, 0.2) is 43.1 Å². The summed E-state index contributed by atoms with van der Waals surface area (Å²) in [5.41, 5.74) is 0.777. The van der Waals surface area contributed by atoms with Gasteiger partial charge in [0.25, 0.3) is 0 Å². The number of hydrogen-bond acceptors (Lipinski definition) is 3. The largest absolute Gasteiger partial charge is 0.443 e. The van der Waals surface area contributed by atoms with Gasteiger partial charge in [-0.05, 0) is 26.8 Å². The maximum atomic E-state index is 12.2. The van der Waals surface area contributed by atoms with E-state index in [1.807, 2.05) is 45.0 Å². The first-order chi connectivity index (χ1) is 9.33. The number of aliphatic hydroxyl groups excluding tert-OH is 1. The molecule has 1 aromatic carbocycles. The molecule has 0 aliphatic heterocycles. The predicted molar refractivity (Wildman–Crippen MR) is 78.7 cm³/mol. The zero-order valence-corrected chi connectivity index (χ0v) is 12.0. The Balaban J connectivity index is 2.54. The van der Waals surface area contributed by atoms with Crippen LogP contribution in [0.25, 0.3) is 10.9 Å². The first kappa shape index (κ1) is 14.3. The number of carbonyl (C=O) groups excluding carboxylic acids is 1. The minimum Gasteiger partial charge on any atom is -0.443 e. The van der Waals surface area contributed by atoms with Gasteiger partial charge in [-0.3, -0.25) is 4.57 Å². The highest BCUT2D eigenvalue weighted by Crippen LogP contribution is 2.27. The van der Waals surface area contributed by atoms with Crippen molar-refractivity contribution in [2.24, 2.45) is 0 Å². The van der Waals surface area contributed by atoms with Gasteiger partial charge in [0.05, 0.1) is 11.6 Å². The van der Waals surface area contributed by atoms with Crippen molar-refractivity contribution in [1.82, 2.24) is 4.57 Å². The quantitative estimate of drug-likeness (QED) is 0.850. The molecule has 4 nitrogen and oxygen atoms in total. The summed E-state index contributed by atoms with van der Waals surface area (Å²) in [7, 11) is 0. The van der Waals surface area contributed by atoms with Crippen LogP contribution in [-0.2, 0) is 4.74 Å². The monoisotopic (exact) mass is 273 g/mol. The van der Waals surface area contributed by atoms with Crippen LogP contribution in [0.1, 0.15) is 32.4 Å². The molecule has 0 bridgehead atoms. The molecular weight excluding hydrogens is 254 g/mol. The van der Waals surface area contributed by atoms with Gasteiger partial charge in [0.15, 0.2) is 0 Å². The van der Waals surface area contributed by atoms with Gasteiger partial charge in [0.2, 0.25) is 0 Å². The highest BCUT2D eigenvalue weighted by atomic mass is 16.6. The Morgan fingerprint density at radius 3 is 2.65 bits per heavy atom. The molecule has 1 atom stereocenters. The van der Waals surface area contributed by atoms with Gasteiger partial charge < -0.3 is 9.84 Å². The molecule has 0 radical (unpaired) electrons. The van der Waals surface area contributed by atoms with Crippen molar-refractivity contribution in [1.29, 1.82) is 0 Å². The van der Waals surface area contributed by atoms with Crippen molar-refractivity contribution < 1.29 is 14.6 Å². The summed E-state index contributed by atoms with van der Waals surface area (Å²) in [6.07, 6.45) is 1.76. The number of para-hydroxylation sites is 1. The van der Waals surface area contributed by atoms with Crippen LogP contribution >= 0.6 is 0 Å². The standard InChI is InChI=1S/C16H19NO3/c1-5-14(18)12-10-17(15(19)20-16(2,3)4)13-9-7-6-8-11(12)13/h5-10,14,18H,1H2,2-4H3. The van der Waals surface area contributed by atoms with Gasteiger partial charge in [-0.1, -0.05) is 24.3 Å². The molecule has 1 N–H and O–H groups in total. The lowest BCUT2D eigenvalue weighted by molar-refractivity contribution is 0.0544. The molecular formula is C16H19NO3. The third-order valence-corrected chi connectivity index (χ3v) is 2.87. The fourth-order valence-electron chi connectivity index (χ4n) is 2.03. The van der Waals surface area contributed by atoms with Crippen LogP contribution < -0.4 is 0 Å². The third kappa shape index (κ3) is 2.75. The summed E-state index contributed by atoms with van der Waals surface area (Å²) in [5, 5.41) is 10.8. The van der Waals surface area contributed by atoms with E-state index in [-0.39, 0.29) is 0 Å². The van der Waals surface area contributed by atoms with Gasteiger partial charge in [-0.25, -0.2) is 4.79 Å². The molecule has 0 spiro atoms. The molecule has 0 saturated carbocycles. The molecule has 1 heterocycles. The van der Waals surface area contributed by atoms with E-state index in [2.05, 4.69) is 6.58 Å². The fraction of sp³-hybridized carbons (Fsp3) is 0.312. The second kappa shape index (κ2) is 5.13. The number of rotatable bonds is 2. The number of ether oxygens (including phenoxy) is 1. The summed E-state index contributed by atoms with van der Waals surface area (Å²) in [5.74, 6) is 0. The van der Waals surface area contributed by atoms with E-state index in [0.717, 1.165) is 5.39 Å². The predicted octanol–water partition coefficient (Wildman–Crippen LogP) is 3.64. The zero-order valence-electron chi connectivity index (χ0n) is 12.0. The minimum absolute atomic E-state index is 0.462. The van der Waals surface area contributed by atoms with Crippen LogP contribution in [0.5, 0.6) is 0 Å². The van der Waals surface area contributed by atoms with Crippen LogP contribution in [-0.4, -0.2) is 21.4 Å². The van der Waals surface area contributed by atoms with Crippen LogP contribution in [0.4, 0.5) is 4.79 Å². The van der Waals surface area contributed by atoms with Crippen LogP contribution in [0.3, 0.4) is 0 Å². The average Bonchev–Trinajstić information content (AvgIpc) is 2.75. The van der Waals surface area contributed by atoms with Gasteiger partial charge in [-0.15, -0.1) is 6.58 Å². The van der Waals surface area contributed by atoms with E-state index in [9.17, 15) is 9.90 Å². The van der Waals surface area contributed by atoms with Crippen molar-refractivity contribution in [3.63, 3.8) is 0 Å². The van der Waals surface area contributed by atoms with Crippen molar-refractivity contribution >= 4 is 17.0 Å². The molecule has 0 aliphatic rings. The highest BCUT2D eigenvalue weighted by Gasteiger charge is 2.21. The van der Waals surface area contributed by atoms with Gasteiger partial charge in [0, 0.05) is 17.1 Å². The molecule has 0 saturated heterocycles. The third-order valence-electron chi connectivity index (χ3n) is 2.87. The molecule has 1 unspecified atom stereocenters. The maximum Gasteiger partial charge on any atom is 0.419 e. The van der Waals surface area contributed by atoms with Gasteiger partial charge >= 0.3 is 6.09 Å². The first-order valence-electron chi connectivity index (χ1n) is 6.47. The number of benzene rings is 1. The van der Waals surface area contributed by atoms with Crippen LogP contribution in [0, 0.1) is 0 Å². The number of nitrogens with zero attached hydrogens (tertiary/aromatic N) is 1. The minimum atomic E-state index is -0.816. The first-order valence-corrected chi connectivity index (χ1v) is 6.47. The van der Waals surface area contributed by atoms with Gasteiger partial charge in [0.1, 0.15) is 5.60 Å². The molecule has 106 valence electrons. The summed E-state index contributed by atoms with van der Waals surface area (Å²) >= 11 is 0. The number of carbonyl (C=O) groups is 1. The topological polar surface area (TPSA) is 51.5 Å². The SMILES string of the molecule is C=CC(O)c1cn(C(=O)OC(C)(C)C)c2ccccc12. The smallest absolute Gasteiger partial charge is 0.419 e. The number of fused-ring (bicyclic) bond motifs is 1. The maximum absolute atomic E-state index is 12.2. The second-order valence-electron chi connectivity index (χ2n) is 5.63. The second-order valence-corrected chi connectivity index (χ2v) is 5.63. The molecule has 1 aromatic heterocycles. The summed E-state index contributed by atoms with van der Waals surface area (Å²) in [6, 6.07) is 7.38. The fourth-order valence-corrected chi connectivity index (χ4v) is 2.03. The zero-order chi connectivity index (χ0) is 14.9. The molecule has 0 fully saturated rings. The summed E-state index contributed by atoms with van der Waals surface area (Å²) in [4.78, 5) is 12.2. The Kier molecular flexibility index (Phi) is 3.68. The molecule has 0 amide bonds. The van der Waals surface area contributed by atoms with Crippen LogP contribution in [0.2, 0.25) is 0 Å². The Hall–Kier alpha value is -2.07. The van der Waals surface area contributed by atoms with Crippen molar-refractivity contribution in [2.75, 3.05) is 0 Å². The van der Waals surface area contributed by atoms with E-state index in [1.54, 1.807) is 6.20 Å². The van der Waals surface area contributed by atoms with E-state index in [0.29, 0.717) is 11.1 Å². The Bertz CT molecular complexity index is 649. The lowest BCUT2D eigenvalue weighted by Crippen LogP contribution is -2.26. The van der Waals surface area contributed by atoms with E-state index >= 15 is 0 Å². The number of aromatic nitrogens is 1. The molecule has 2 aromatic rings. The van der Waals surface area contributed by atoms with Crippen molar-refractivity contribution in [2.45, 2.75) is 32.5 Å². The molecule has 0 aliphatic carbocycles. The van der Waals surface area contributed by atoms with Gasteiger partial charge in [-0.2, -0.15) is 0 Å². The Labute approximate surface area is 118 Å². The van der Waals surface area contributed by atoms with E-state index in [4.69, 9.17) is 4.74 Å². The Morgan fingerprint density at radius 1 is 1.40 bits per heavy atom. The average molecular weight is 273 g/mol. The van der Waals surface area contributed by atoms with Crippen molar-refractivity contribution in [3.05, 3.63) is 48.7 Å². The lowest BCUT2D eigenvalue weighted by Gasteiger charge is -2.19. The number of hydrogen-bond donors (Lipinski definition) is 1. The summed E-state index contributed by atoms with van der Waals surface area (Å²) in [6.45, 7) is 9.03. The summed E-state index contributed by atoms with van der Waals surface area (Å²) < 4.78 is 6.79. The Morgan fingerprint density at radius 2 is 2.05 bits per heavy atom. The molecule has 4 heteroatoms. The normalized spacial score (nSPS) is 13.2. The van der Waals surface area contributed by atoms with E-state index in [1.165, 1.54) is 10.6 Å². The molecule has 2 rings (SSSR count). The molecule has 20 heavy (non-hydrogen) atoms. The lowest BCUT2D eigenvalue weighted by atomic mass is 10.1. The van der Waals surface area contributed by atoms with Crippen molar-refractivity contribution in [3.8, 4) is 0 Å². The highest BCUT2D eigenvalue weighted by molar-refractivity contribution is 5.92.